The molecule has 0 fully saturated rings. The number of pyridine rings is 1. The zero-order chi connectivity index (χ0) is 11.4. The average Bonchev–Trinajstić information content (AvgIpc) is 2.17. The van der Waals surface area contributed by atoms with Crippen molar-refractivity contribution in [2.45, 2.75) is 26.4 Å². The molecule has 5 heteroatoms. The summed E-state index contributed by atoms with van der Waals surface area (Å²) in [5.74, 6) is -0.998. The van der Waals surface area contributed by atoms with Gasteiger partial charge < -0.3 is 9.84 Å². The second kappa shape index (κ2) is 4.98. The fraction of sp³-hybridized carbons (Fsp3) is 0.400. The molecule has 1 atom stereocenters. The number of carbonyl (C=O) groups is 1. The maximum absolute atomic E-state index is 10.8. The van der Waals surface area contributed by atoms with Crippen LogP contribution in [0.3, 0.4) is 0 Å². The summed E-state index contributed by atoms with van der Waals surface area (Å²) in [6.07, 6.45) is 0.682. The fourth-order valence-corrected chi connectivity index (χ4v) is 1.08. The van der Waals surface area contributed by atoms with Crippen LogP contribution in [-0.4, -0.2) is 22.2 Å². The summed E-state index contributed by atoms with van der Waals surface area (Å²) in [6.45, 7) is 3.78. The number of halogens is 1. The van der Waals surface area contributed by atoms with Gasteiger partial charge in [-0.2, -0.15) is 0 Å². The molecule has 0 radical (unpaired) electrons. The zero-order valence-electron chi connectivity index (χ0n) is 8.53. The molecule has 0 aliphatic carbocycles. The highest BCUT2D eigenvalue weighted by Crippen LogP contribution is 2.20. The van der Waals surface area contributed by atoms with Crippen LogP contribution < -0.4 is 4.74 Å². The number of aromatic nitrogens is 1. The van der Waals surface area contributed by atoms with Crippen LogP contribution in [0.2, 0.25) is 5.15 Å². The molecule has 0 saturated carbocycles. The van der Waals surface area contributed by atoms with Crippen molar-refractivity contribution < 1.29 is 14.6 Å². The smallest absolute Gasteiger partial charge is 0.341 e. The lowest BCUT2D eigenvalue weighted by molar-refractivity contribution is 0.0688. The predicted octanol–water partition coefficient (Wildman–Crippen LogP) is 2.61. The molecule has 0 bridgehead atoms. The van der Waals surface area contributed by atoms with E-state index in [9.17, 15) is 4.79 Å². The summed E-state index contributed by atoms with van der Waals surface area (Å²) >= 11 is 5.66. The van der Waals surface area contributed by atoms with Gasteiger partial charge in [0.2, 0.25) is 5.88 Å². The van der Waals surface area contributed by atoms with Gasteiger partial charge in [0.15, 0.2) is 0 Å². The van der Waals surface area contributed by atoms with Crippen LogP contribution in [0.4, 0.5) is 0 Å². The van der Waals surface area contributed by atoms with E-state index in [1.165, 1.54) is 12.1 Å². The third-order valence-electron chi connectivity index (χ3n) is 1.94. The minimum atomic E-state index is -1.07. The Balaban J connectivity index is 3.02. The van der Waals surface area contributed by atoms with E-state index in [1.807, 2.05) is 13.8 Å². The second-order valence-corrected chi connectivity index (χ2v) is 3.52. The standard InChI is InChI=1S/C10H12ClNO3/c1-3-6(2)15-9-7(10(13)14)4-5-8(11)12-9/h4-6H,3H2,1-2H3,(H,13,14). The number of hydrogen-bond acceptors (Lipinski definition) is 3. The van der Waals surface area contributed by atoms with Gasteiger partial charge >= 0.3 is 5.97 Å². The zero-order valence-corrected chi connectivity index (χ0v) is 9.28. The summed E-state index contributed by atoms with van der Waals surface area (Å²) < 4.78 is 5.36. The molecule has 0 amide bonds. The van der Waals surface area contributed by atoms with Crippen molar-refractivity contribution in [3.8, 4) is 5.88 Å². The number of hydrogen-bond donors (Lipinski definition) is 1. The molecular formula is C10H12ClNO3. The van der Waals surface area contributed by atoms with Gasteiger partial charge in [-0.05, 0) is 25.5 Å². The third kappa shape index (κ3) is 3.09. The molecule has 0 aliphatic rings. The topological polar surface area (TPSA) is 59.4 Å². The van der Waals surface area contributed by atoms with Gasteiger partial charge in [0.25, 0.3) is 0 Å². The Bertz CT molecular complexity index is 368. The Morgan fingerprint density at radius 2 is 2.33 bits per heavy atom. The van der Waals surface area contributed by atoms with E-state index in [1.54, 1.807) is 0 Å². The van der Waals surface area contributed by atoms with Crippen molar-refractivity contribution in [2.75, 3.05) is 0 Å². The molecule has 1 heterocycles. The molecule has 0 saturated heterocycles. The van der Waals surface area contributed by atoms with Crippen molar-refractivity contribution in [3.05, 3.63) is 22.8 Å². The van der Waals surface area contributed by atoms with E-state index in [4.69, 9.17) is 21.4 Å². The minimum absolute atomic E-state index is 0.0275. The summed E-state index contributed by atoms with van der Waals surface area (Å²) in [5, 5.41) is 9.10. The molecule has 1 aromatic heterocycles. The van der Waals surface area contributed by atoms with E-state index in [0.29, 0.717) is 0 Å². The number of ether oxygens (including phenoxy) is 1. The number of rotatable bonds is 4. The Hall–Kier alpha value is -1.29. The highest BCUT2D eigenvalue weighted by Gasteiger charge is 2.15. The first-order valence-corrected chi connectivity index (χ1v) is 4.99. The molecular weight excluding hydrogens is 218 g/mol. The lowest BCUT2D eigenvalue weighted by Gasteiger charge is -2.13. The third-order valence-corrected chi connectivity index (χ3v) is 2.15. The van der Waals surface area contributed by atoms with Crippen LogP contribution in [0.15, 0.2) is 12.1 Å². The van der Waals surface area contributed by atoms with Gasteiger partial charge in [-0.3, -0.25) is 0 Å². The molecule has 4 nitrogen and oxygen atoms in total. The molecule has 15 heavy (non-hydrogen) atoms. The molecule has 1 rings (SSSR count). The van der Waals surface area contributed by atoms with Gasteiger partial charge in [-0.1, -0.05) is 18.5 Å². The maximum atomic E-state index is 10.8. The number of aromatic carboxylic acids is 1. The van der Waals surface area contributed by atoms with Crippen LogP contribution in [0.25, 0.3) is 0 Å². The second-order valence-electron chi connectivity index (χ2n) is 3.13. The highest BCUT2D eigenvalue weighted by atomic mass is 35.5. The lowest BCUT2D eigenvalue weighted by Crippen LogP contribution is -2.14. The Kier molecular flexibility index (Phi) is 3.91. The van der Waals surface area contributed by atoms with Crippen molar-refractivity contribution in [2.24, 2.45) is 0 Å². The first-order valence-electron chi connectivity index (χ1n) is 4.61. The fourth-order valence-electron chi connectivity index (χ4n) is 0.944. The van der Waals surface area contributed by atoms with Gasteiger partial charge in [-0.15, -0.1) is 0 Å². The predicted molar refractivity (Wildman–Crippen MR) is 56.6 cm³/mol. The Morgan fingerprint density at radius 3 is 2.87 bits per heavy atom. The van der Waals surface area contributed by atoms with Crippen molar-refractivity contribution >= 4 is 17.6 Å². The SMILES string of the molecule is CCC(C)Oc1nc(Cl)ccc1C(=O)O. The first kappa shape index (κ1) is 11.8. The molecule has 0 aliphatic heterocycles. The van der Waals surface area contributed by atoms with E-state index < -0.39 is 5.97 Å². The van der Waals surface area contributed by atoms with Crippen LogP contribution in [0.1, 0.15) is 30.6 Å². The summed E-state index contributed by atoms with van der Waals surface area (Å²) in [4.78, 5) is 14.7. The summed E-state index contributed by atoms with van der Waals surface area (Å²) in [6, 6.07) is 2.81. The van der Waals surface area contributed by atoms with Crippen LogP contribution in [-0.2, 0) is 0 Å². The van der Waals surface area contributed by atoms with Crippen LogP contribution in [0, 0.1) is 0 Å². The van der Waals surface area contributed by atoms with E-state index >= 15 is 0 Å². The number of carboxylic acid groups (broad SMARTS) is 1. The molecule has 1 N–H and O–H groups in total. The van der Waals surface area contributed by atoms with Gasteiger partial charge in [0.1, 0.15) is 10.7 Å². The largest absolute Gasteiger partial charge is 0.477 e. The normalized spacial score (nSPS) is 12.2. The molecule has 1 aromatic rings. The molecule has 82 valence electrons. The number of nitrogens with zero attached hydrogens (tertiary/aromatic N) is 1. The maximum Gasteiger partial charge on any atom is 0.341 e. The Labute approximate surface area is 92.8 Å². The van der Waals surface area contributed by atoms with E-state index in [-0.39, 0.29) is 22.7 Å². The van der Waals surface area contributed by atoms with E-state index in [0.717, 1.165) is 6.42 Å². The molecule has 0 aromatic carbocycles. The van der Waals surface area contributed by atoms with Crippen molar-refractivity contribution in [3.63, 3.8) is 0 Å². The van der Waals surface area contributed by atoms with Gasteiger partial charge in [0, 0.05) is 0 Å². The van der Waals surface area contributed by atoms with E-state index in [2.05, 4.69) is 4.98 Å². The minimum Gasteiger partial charge on any atom is -0.477 e. The van der Waals surface area contributed by atoms with Gasteiger partial charge in [-0.25, -0.2) is 9.78 Å². The Morgan fingerprint density at radius 1 is 1.67 bits per heavy atom. The van der Waals surface area contributed by atoms with Gasteiger partial charge in [0.05, 0.1) is 6.10 Å². The lowest BCUT2D eigenvalue weighted by atomic mass is 10.2. The first-order chi connectivity index (χ1) is 7.04. The molecule has 1 unspecified atom stereocenters. The van der Waals surface area contributed by atoms with Crippen LogP contribution in [0.5, 0.6) is 5.88 Å². The van der Waals surface area contributed by atoms with Crippen LogP contribution >= 0.6 is 11.6 Å². The monoisotopic (exact) mass is 229 g/mol. The number of carboxylic acids is 1. The summed E-state index contributed by atoms with van der Waals surface area (Å²) in [5.41, 5.74) is 0.0275. The average molecular weight is 230 g/mol. The molecule has 0 spiro atoms. The van der Waals surface area contributed by atoms with Crippen molar-refractivity contribution in [1.82, 2.24) is 4.98 Å². The summed E-state index contributed by atoms with van der Waals surface area (Å²) in [7, 11) is 0. The van der Waals surface area contributed by atoms with Crippen molar-refractivity contribution in [1.29, 1.82) is 0 Å². The highest BCUT2D eigenvalue weighted by molar-refractivity contribution is 6.29. The quantitative estimate of drug-likeness (QED) is 0.807.